The van der Waals surface area contributed by atoms with Gasteiger partial charge in [-0.25, -0.2) is 0 Å². The smallest absolute Gasteiger partial charge is 0.306 e. The molecule has 0 bridgehead atoms. The maximum atomic E-state index is 12.9. The minimum absolute atomic E-state index is 0.0897. The topological polar surface area (TPSA) is 78.9 Å². The van der Waals surface area contributed by atoms with Crippen molar-refractivity contribution in [1.29, 1.82) is 0 Å². The summed E-state index contributed by atoms with van der Waals surface area (Å²) in [4.78, 5) is 38.3. The number of esters is 3. The van der Waals surface area contributed by atoms with Gasteiger partial charge in [-0.05, 0) is 122 Å². The fraction of sp³-hybridized carbons (Fsp3) is 0.649. The van der Waals surface area contributed by atoms with Crippen LogP contribution in [0, 0.1) is 0 Å². The van der Waals surface area contributed by atoms with Gasteiger partial charge in [0.1, 0.15) is 13.2 Å². The van der Waals surface area contributed by atoms with Gasteiger partial charge in [0.2, 0.25) is 0 Å². The molecule has 0 saturated carbocycles. The third-order valence-corrected chi connectivity index (χ3v) is 14.3. The molecule has 0 radical (unpaired) electrons. The molecule has 1 unspecified atom stereocenters. The van der Waals surface area contributed by atoms with Crippen molar-refractivity contribution in [3.05, 3.63) is 146 Å². The number of carbonyl (C=O) groups is 3. The van der Waals surface area contributed by atoms with E-state index in [9.17, 15) is 14.4 Å². The van der Waals surface area contributed by atoms with Gasteiger partial charge >= 0.3 is 17.9 Å². The molecule has 0 amide bonds. The van der Waals surface area contributed by atoms with E-state index in [0.717, 1.165) is 148 Å². The van der Waals surface area contributed by atoms with Crippen LogP contribution in [0.5, 0.6) is 0 Å². The lowest BCUT2D eigenvalue weighted by Crippen LogP contribution is -2.30. The van der Waals surface area contributed by atoms with E-state index in [1.807, 2.05) is 0 Å². The molecule has 0 aromatic carbocycles. The molecule has 6 nitrogen and oxygen atoms in total. The molecule has 0 aliphatic rings. The van der Waals surface area contributed by atoms with Gasteiger partial charge in [-0.1, -0.05) is 308 Å². The number of hydrogen-bond donors (Lipinski definition) is 0. The molecule has 0 heterocycles. The first kappa shape index (κ1) is 78.3. The van der Waals surface area contributed by atoms with Gasteiger partial charge in [-0.2, -0.15) is 0 Å². The van der Waals surface area contributed by atoms with Crippen molar-refractivity contribution in [3.63, 3.8) is 0 Å². The molecule has 0 spiro atoms. The van der Waals surface area contributed by atoms with Crippen molar-refractivity contribution in [2.45, 2.75) is 309 Å². The van der Waals surface area contributed by atoms with Gasteiger partial charge in [-0.15, -0.1) is 0 Å². The van der Waals surface area contributed by atoms with Crippen LogP contribution in [0.25, 0.3) is 0 Å². The van der Waals surface area contributed by atoms with E-state index in [1.54, 1.807) is 0 Å². The molecule has 0 aliphatic carbocycles. The largest absolute Gasteiger partial charge is 0.462 e. The normalized spacial score (nSPS) is 13.0. The third kappa shape index (κ3) is 68.0. The summed E-state index contributed by atoms with van der Waals surface area (Å²) in [6.45, 7) is 6.38. The predicted octanol–water partition coefficient (Wildman–Crippen LogP) is 23.9. The summed E-state index contributed by atoms with van der Waals surface area (Å²) >= 11 is 0. The molecular weight excluding hydrogens is 1020 g/mol. The van der Waals surface area contributed by atoms with E-state index in [1.165, 1.54) is 116 Å². The molecule has 0 aliphatic heterocycles. The van der Waals surface area contributed by atoms with Gasteiger partial charge in [0.15, 0.2) is 6.10 Å². The van der Waals surface area contributed by atoms with Crippen LogP contribution in [0.1, 0.15) is 303 Å². The Morgan fingerprint density at radius 3 is 0.735 bits per heavy atom. The second kappa shape index (κ2) is 69.8. The molecule has 6 heteroatoms. The Labute approximate surface area is 512 Å². The lowest BCUT2D eigenvalue weighted by Gasteiger charge is -2.18. The zero-order valence-corrected chi connectivity index (χ0v) is 53.9. The molecule has 1 atom stereocenters. The number of hydrogen-bond acceptors (Lipinski definition) is 6. The van der Waals surface area contributed by atoms with Gasteiger partial charge in [0.25, 0.3) is 0 Å². The van der Waals surface area contributed by atoms with Crippen molar-refractivity contribution in [2.24, 2.45) is 0 Å². The molecule has 0 fully saturated rings. The monoisotopic (exact) mass is 1150 g/mol. The van der Waals surface area contributed by atoms with Crippen molar-refractivity contribution >= 4 is 17.9 Å². The average molecular weight is 1150 g/mol. The summed E-state index contributed by atoms with van der Waals surface area (Å²) in [6, 6.07) is 0. The van der Waals surface area contributed by atoms with Crippen LogP contribution in [0.4, 0.5) is 0 Å². The SMILES string of the molecule is CC/C=C\C/C=C\C/C=C\C/C=C\C/C=C\C/C=C\CCCCCCCCCCCCCCCCC(=O)OCC(COC(=O)CCCCCCCCCCC)OC(=O)CCCCCC/C=C\C/C=C\C/C=C\C/C=C\C/C=C\C/C=C\CC. The second-order valence-corrected chi connectivity index (χ2v) is 22.3. The van der Waals surface area contributed by atoms with Crippen LogP contribution in [-0.2, 0) is 28.6 Å². The van der Waals surface area contributed by atoms with E-state index in [2.05, 4.69) is 167 Å². The second-order valence-electron chi connectivity index (χ2n) is 22.3. The van der Waals surface area contributed by atoms with Crippen LogP contribution in [0.15, 0.2) is 146 Å². The zero-order chi connectivity index (χ0) is 59.9. The van der Waals surface area contributed by atoms with Gasteiger partial charge in [0.05, 0.1) is 0 Å². The summed E-state index contributed by atoms with van der Waals surface area (Å²) in [5, 5.41) is 0. The van der Waals surface area contributed by atoms with Gasteiger partial charge < -0.3 is 14.2 Å². The Hall–Kier alpha value is -4.71. The lowest BCUT2D eigenvalue weighted by molar-refractivity contribution is -0.167. The van der Waals surface area contributed by atoms with E-state index in [4.69, 9.17) is 14.2 Å². The van der Waals surface area contributed by atoms with Crippen LogP contribution in [0.2, 0.25) is 0 Å². The zero-order valence-electron chi connectivity index (χ0n) is 53.9. The third-order valence-electron chi connectivity index (χ3n) is 14.3. The van der Waals surface area contributed by atoms with E-state index in [0.29, 0.717) is 19.3 Å². The average Bonchev–Trinajstić information content (AvgIpc) is 3.49. The van der Waals surface area contributed by atoms with Crippen LogP contribution >= 0.6 is 0 Å². The number of rotatable bonds is 61. The molecule has 470 valence electrons. The van der Waals surface area contributed by atoms with E-state index >= 15 is 0 Å². The van der Waals surface area contributed by atoms with Crippen LogP contribution in [0.3, 0.4) is 0 Å². The van der Waals surface area contributed by atoms with Gasteiger partial charge in [0, 0.05) is 19.3 Å². The lowest BCUT2D eigenvalue weighted by atomic mass is 10.0. The maximum absolute atomic E-state index is 12.9. The number of allylic oxidation sites excluding steroid dienone is 24. The number of carbonyl (C=O) groups excluding carboxylic acids is 3. The molecule has 0 aromatic heterocycles. The fourth-order valence-electron chi connectivity index (χ4n) is 9.27. The Morgan fingerprint density at radius 2 is 0.470 bits per heavy atom. The van der Waals surface area contributed by atoms with Crippen LogP contribution < -0.4 is 0 Å². The van der Waals surface area contributed by atoms with E-state index in [-0.39, 0.29) is 31.1 Å². The Kier molecular flexibility index (Phi) is 65.8. The number of unbranched alkanes of at least 4 members (excludes halogenated alkanes) is 26. The Bertz CT molecular complexity index is 1800. The minimum atomic E-state index is -0.795. The van der Waals surface area contributed by atoms with Crippen molar-refractivity contribution < 1.29 is 28.6 Å². The first-order valence-corrected chi connectivity index (χ1v) is 34.3. The highest BCUT2D eigenvalue weighted by molar-refractivity contribution is 5.71. The summed E-state index contributed by atoms with van der Waals surface area (Å²) in [5.41, 5.74) is 0. The molecule has 0 aromatic rings. The first-order valence-electron chi connectivity index (χ1n) is 34.3. The minimum Gasteiger partial charge on any atom is -0.462 e. The maximum Gasteiger partial charge on any atom is 0.306 e. The highest BCUT2D eigenvalue weighted by atomic mass is 16.6. The van der Waals surface area contributed by atoms with Gasteiger partial charge in [-0.3, -0.25) is 14.4 Å². The highest BCUT2D eigenvalue weighted by Crippen LogP contribution is 2.16. The standard InChI is InChI=1S/C77H126O6/c1-4-7-10-13-16-19-21-23-25-27-29-31-33-34-35-36-37-38-39-40-41-42-44-45-47-49-51-53-55-58-61-64-67-70-76(79)82-73-74(72-81-75(78)69-66-63-60-57-18-15-12-9-6-3)83-77(80)71-68-65-62-59-56-54-52-50-48-46-43-32-30-28-26-24-22-20-17-14-11-8-5-2/h7-8,10-11,16-17,19-20,23-26,29-32,34-35,37-38,46,48,52,54,74H,4-6,9,12-15,18,21-22,27-28,33,36,39-45,47,49-51,53,55-73H2,1-3H3/b10-7-,11-8-,19-16-,20-17-,25-23-,26-24-,31-29-,32-30-,35-34-,38-37-,48-46-,54-52-. The fourth-order valence-corrected chi connectivity index (χ4v) is 9.27. The van der Waals surface area contributed by atoms with Crippen molar-refractivity contribution in [3.8, 4) is 0 Å². The van der Waals surface area contributed by atoms with E-state index < -0.39 is 6.10 Å². The molecule has 83 heavy (non-hydrogen) atoms. The first-order chi connectivity index (χ1) is 41.0. The summed E-state index contributed by atoms with van der Waals surface area (Å²) in [6.07, 6.45) is 100. The summed E-state index contributed by atoms with van der Waals surface area (Å²) in [5.74, 6) is -0.914. The molecular formula is C77H126O6. The summed E-state index contributed by atoms with van der Waals surface area (Å²) < 4.78 is 16.9. The Balaban J connectivity index is 4.21. The quantitative estimate of drug-likeness (QED) is 0.0261. The van der Waals surface area contributed by atoms with Crippen LogP contribution in [-0.4, -0.2) is 37.2 Å². The summed E-state index contributed by atoms with van der Waals surface area (Å²) in [7, 11) is 0. The predicted molar refractivity (Wildman–Crippen MR) is 362 cm³/mol. The molecule has 0 saturated heterocycles. The van der Waals surface area contributed by atoms with Crippen molar-refractivity contribution in [1.82, 2.24) is 0 Å². The highest BCUT2D eigenvalue weighted by Gasteiger charge is 2.19. The number of ether oxygens (including phenoxy) is 3. The van der Waals surface area contributed by atoms with Crippen molar-refractivity contribution in [2.75, 3.05) is 13.2 Å². The molecule has 0 N–H and O–H groups in total. The molecule has 0 rings (SSSR count). The Morgan fingerprint density at radius 1 is 0.253 bits per heavy atom.